The van der Waals surface area contributed by atoms with Gasteiger partial charge in [0.15, 0.2) is 0 Å². The topological polar surface area (TPSA) is 59.0 Å². The van der Waals surface area contributed by atoms with Crippen LogP contribution in [0.3, 0.4) is 0 Å². The molecule has 1 aliphatic rings. The molecule has 0 aliphatic heterocycles. The van der Waals surface area contributed by atoms with Crippen LogP contribution in [0, 0.1) is 0 Å². The number of nitrogens with zero attached hydrogens (tertiary/aromatic N) is 2. The molecular weight excluding hydrogens is 336 g/mol. The predicted octanol–water partition coefficient (Wildman–Crippen LogP) is 3.73. The zero-order valence-electron chi connectivity index (χ0n) is 15.0. The van der Waals surface area contributed by atoms with Crippen LogP contribution in [0.25, 0.3) is 0 Å². The smallest absolute Gasteiger partial charge is 0.315 e. The molecule has 134 valence electrons. The second-order valence-electron chi connectivity index (χ2n) is 7.34. The van der Waals surface area contributed by atoms with Gasteiger partial charge in [-0.3, -0.25) is 4.68 Å². The summed E-state index contributed by atoms with van der Waals surface area (Å²) in [7, 11) is 1.95. The summed E-state index contributed by atoms with van der Waals surface area (Å²) >= 11 is 6.08. The third-order valence-electron chi connectivity index (χ3n) is 4.98. The number of urea groups is 1. The van der Waals surface area contributed by atoms with Crippen LogP contribution >= 0.6 is 11.6 Å². The maximum Gasteiger partial charge on any atom is 0.315 e. The van der Waals surface area contributed by atoms with Crippen molar-refractivity contribution in [3.63, 3.8) is 0 Å². The Labute approximate surface area is 153 Å². The second-order valence-corrected chi connectivity index (χ2v) is 7.77. The summed E-state index contributed by atoms with van der Waals surface area (Å²) in [5.41, 5.74) is 3.26. The average Bonchev–Trinajstić information content (AvgIpc) is 2.96. The van der Waals surface area contributed by atoms with Gasteiger partial charge in [0, 0.05) is 35.3 Å². The van der Waals surface area contributed by atoms with E-state index in [2.05, 4.69) is 29.6 Å². The standard InChI is InChI=1S/C19H25ClN4O/c1-19(2,13-6-4-7-14(20)10-13)12-21-18(25)23-16-8-5-9-17-15(16)11-22-24(17)3/h4,6-7,10-11,16H,5,8-9,12H2,1-3H3,(H2,21,23,25)/t16-/m0/s1. The number of fused-ring (bicyclic) bond motifs is 1. The van der Waals surface area contributed by atoms with Gasteiger partial charge in [-0.05, 0) is 37.0 Å². The number of amides is 2. The van der Waals surface area contributed by atoms with Crippen molar-refractivity contribution >= 4 is 17.6 Å². The number of rotatable bonds is 4. The van der Waals surface area contributed by atoms with Crippen molar-refractivity contribution < 1.29 is 4.79 Å². The van der Waals surface area contributed by atoms with Gasteiger partial charge in [0.05, 0.1) is 12.2 Å². The highest BCUT2D eigenvalue weighted by Crippen LogP contribution is 2.29. The third kappa shape index (κ3) is 3.98. The summed E-state index contributed by atoms with van der Waals surface area (Å²) in [4.78, 5) is 12.4. The van der Waals surface area contributed by atoms with Crippen LogP contribution in [0.1, 0.15) is 49.6 Å². The second kappa shape index (κ2) is 7.08. The Hall–Kier alpha value is -2.01. The minimum atomic E-state index is -0.200. The first kappa shape index (κ1) is 17.8. The highest BCUT2D eigenvalue weighted by Gasteiger charge is 2.26. The Morgan fingerprint density at radius 1 is 1.44 bits per heavy atom. The Kier molecular flexibility index (Phi) is 5.04. The van der Waals surface area contributed by atoms with Crippen molar-refractivity contribution in [1.29, 1.82) is 0 Å². The van der Waals surface area contributed by atoms with E-state index in [0.29, 0.717) is 11.6 Å². The first-order valence-electron chi connectivity index (χ1n) is 8.68. The number of hydrogen-bond acceptors (Lipinski definition) is 2. The fourth-order valence-electron chi connectivity index (χ4n) is 3.38. The van der Waals surface area contributed by atoms with Crippen LogP contribution in [-0.2, 0) is 18.9 Å². The molecule has 3 rings (SSSR count). The van der Waals surface area contributed by atoms with E-state index in [-0.39, 0.29) is 17.5 Å². The summed E-state index contributed by atoms with van der Waals surface area (Å²) in [6, 6.07) is 7.67. The van der Waals surface area contributed by atoms with Crippen molar-refractivity contribution in [2.45, 2.75) is 44.6 Å². The zero-order chi connectivity index (χ0) is 18.0. The lowest BCUT2D eigenvalue weighted by molar-refractivity contribution is 0.233. The molecule has 25 heavy (non-hydrogen) atoms. The molecular formula is C19H25ClN4O. The molecule has 0 spiro atoms. The van der Waals surface area contributed by atoms with Gasteiger partial charge in [-0.2, -0.15) is 5.10 Å². The molecule has 1 aromatic heterocycles. The molecule has 1 heterocycles. The van der Waals surface area contributed by atoms with Gasteiger partial charge >= 0.3 is 6.03 Å². The van der Waals surface area contributed by atoms with Crippen molar-refractivity contribution in [3.05, 3.63) is 52.3 Å². The maximum atomic E-state index is 12.4. The van der Waals surface area contributed by atoms with Gasteiger partial charge < -0.3 is 10.6 Å². The monoisotopic (exact) mass is 360 g/mol. The fourth-order valence-corrected chi connectivity index (χ4v) is 3.57. The van der Waals surface area contributed by atoms with Gasteiger partial charge in [0.1, 0.15) is 0 Å². The van der Waals surface area contributed by atoms with Gasteiger partial charge in [-0.15, -0.1) is 0 Å². The summed E-state index contributed by atoms with van der Waals surface area (Å²) in [5, 5.41) is 11.1. The van der Waals surface area contributed by atoms with Crippen LogP contribution in [0.2, 0.25) is 5.02 Å². The van der Waals surface area contributed by atoms with E-state index in [1.807, 2.05) is 42.2 Å². The Morgan fingerprint density at radius 2 is 2.24 bits per heavy atom. The number of aromatic nitrogens is 2. The first-order chi connectivity index (χ1) is 11.9. The summed E-state index contributed by atoms with van der Waals surface area (Å²) in [5.74, 6) is 0. The maximum absolute atomic E-state index is 12.4. The van der Waals surface area contributed by atoms with E-state index >= 15 is 0 Å². The lowest BCUT2D eigenvalue weighted by Crippen LogP contribution is -2.44. The fraction of sp³-hybridized carbons (Fsp3) is 0.474. The number of hydrogen-bond donors (Lipinski definition) is 2. The third-order valence-corrected chi connectivity index (χ3v) is 5.21. The van der Waals surface area contributed by atoms with E-state index in [1.54, 1.807) is 0 Å². The number of carbonyl (C=O) groups is 1. The van der Waals surface area contributed by atoms with Crippen LogP contribution in [0.15, 0.2) is 30.5 Å². The molecule has 0 bridgehead atoms. The molecule has 6 heteroatoms. The largest absolute Gasteiger partial charge is 0.337 e. The number of benzene rings is 1. The molecule has 5 nitrogen and oxygen atoms in total. The van der Waals surface area contributed by atoms with Gasteiger partial charge in [0.2, 0.25) is 0 Å². The zero-order valence-corrected chi connectivity index (χ0v) is 15.7. The number of nitrogens with one attached hydrogen (secondary N) is 2. The summed E-state index contributed by atoms with van der Waals surface area (Å²) < 4.78 is 1.91. The van der Waals surface area contributed by atoms with E-state index in [0.717, 1.165) is 30.4 Å². The molecule has 1 aromatic carbocycles. The van der Waals surface area contributed by atoms with Gasteiger partial charge in [-0.25, -0.2) is 4.79 Å². The molecule has 0 fully saturated rings. The van der Waals surface area contributed by atoms with Crippen molar-refractivity contribution in [1.82, 2.24) is 20.4 Å². The average molecular weight is 361 g/mol. The molecule has 0 saturated heterocycles. The Morgan fingerprint density at radius 3 is 3.00 bits per heavy atom. The Bertz CT molecular complexity index is 769. The van der Waals surface area contributed by atoms with Crippen LogP contribution in [0.5, 0.6) is 0 Å². The van der Waals surface area contributed by atoms with Gasteiger partial charge in [-0.1, -0.05) is 37.6 Å². The molecule has 1 atom stereocenters. The SMILES string of the molecule is Cn1ncc2c1CCC[C@@H]2NC(=O)NCC(C)(C)c1cccc(Cl)c1. The number of aryl methyl sites for hydroxylation is 1. The van der Waals surface area contributed by atoms with E-state index in [1.165, 1.54) is 5.69 Å². The molecule has 2 aromatic rings. The van der Waals surface area contributed by atoms with Gasteiger partial charge in [0.25, 0.3) is 0 Å². The molecule has 0 unspecified atom stereocenters. The van der Waals surface area contributed by atoms with Crippen LogP contribution in [-0.4, -0.2) is 22.4 Å². The minimum absolute atomic E-state index is 0.0340. The van der Waals surface area contributed by atoms with Crippen molar-refractivity contribution in [3.8, 4) is 0 Å². The van der Waals surface area contributed by atoms with Crippen molar-refractivity contribution in [2.75, 3.05) is 6.54 Å². The first-order valence-corrected chi connectivity index (χ1v) is 9.06. The van der Waals surface area contributed by atoms with E-state index < -0.39 is 0 Å². The molecule has 2 amide bonds. The molecule has 2 N–H and O–H groups in total. The molecule has 0 saturated carbocycles. The van der Waals surface area contributed by atoms with Crippen LogP contribution < -0.4 is 10.6 Å². The number of halogens is 1. The quantitative estimate of drug-likeness (QED) is 0.872. The van der Waals surface area contributed by atoms with E-state index in [4.69, 9.17) is 11.6 Å². The highest BCUT2D eigenvalue weighted by molar-refractivity contribution is 6.30. The molecule has 0 radical (unpaired) electrons. The minimum Gasteiger partial charge on any atom is -0.337 e. The number of carbonyl (C=O) groups excluding carboxylic acids is 1. The van der Waals surface area contributed by atoms with Crippen LogP contribution in [0.4, 0.5) is 4.79 Å². The van der Waals surface area contributed by atoms with E-state index in [9.17, 15) is 4.79 Å². The summed E-state index contributed by atoms with van der Waals surface area (Å²) in [6.07, 6.45) is 4.90. The lowest BCUT2D eigenvalue weighted by Gasteiger charge is -2.28. The van der Waals surface area contributed by atoms with Crippen molar-refractivity contribution in [2.24, 2.45) is 7.05 Å². The predicted molar refractivity (Wildman–Crippen MR) is 99.9 cm³/mol. The molecule has 1 aliphatic carbocycles. The highest BCUT2D eigenvalue weighted by atomic mass is 35.5. The lowest BCUT2D eigenvalue weighted by atomic mass is 9.84. The Balaban J connectivity index is 1.60. The normalized spacial score (nSPS) is 17.0. The summed E-state index contributed by atoms with van der Waals surface area (Å²) in [6.45, 7) is 4.73.